The fourth-order valence-corrected chi connectivity index (χ4v) is 3.55. The number of fused-ring (bicyclic) bond motifs is 1. The molecule has 1 unspecified atom stereocenters. The SMILES string of the molecule is CCCOCC(NN)c1cc2c(s1)CCCC2. The van der Waals surface area contributed by atoms with Crippen molar-refractivity contribution < 1.29 is 4.74 Å². The van der Waals surface area contributed by atoms with Gasteiger partial charge in [-0.3, -0.25) is 5.84 Å². The lowest BCUT2D eigenvalue weighted by atomic mass is 9.99. The first-order chi connectivity index (χ1) is 8.35. The van der Waals surface area contributed by atoms with E-state index in [1.165, 1.54) is 36.1 Å². The predicted octanol–water partition coefficient (Wildman–Crippen LogP) is 2.56. The Kier molecular flexibility index (Phi) is 4.98. The summed E-state index contributed by atoms with van der Waals surface area (Å²) in [6.45, 7) is 3.60. The third-order valence-corrected chi connectivity index (χ3v) is 4.54. The second-order valence-corrected chi connectivity index (χ2v) is 5.77. The van der Waals surface area contributed by atoms with Gasteiger partial charge >= 0.3 is 0 Å². The highest BCUT2D eigenvalue weighted by molar-refractivity contribution is 7.12. The monoisotopic (exact) mass is 254 g/mol. The van der Waals surface area contributed by atoms with Crippen molar-refractivity contribution in [2.45, 2.75) is 45.1 Å². The van der Waals surface area contributed by atoms with Crippen LogP contribution in [-0.2, 0) is 17.6 Å². The van der Waals surface area contributed by atoms with Crippen LogP contribution in [0.25, 0.3) is 0 Å². The first-order valence-electron chi connectivity index (χ1n) is 6.50. The fourth-order valence-electron chi connectivity index (χ4n) is 2.24. The Morgan fingerprint density at radius 3 is 3.00 bits per heavy atom. The van der Waals surface area contributed by atoms with Crippen molar-refractivity contribution in [3.8, 4) is 0 Å². The molecule has 1 heterocycles. The van der Waals surface area contributed by atoms with Crippen molar-refractivity contribution in [3.63, 3.8) is 0 Å². The molecule has 17 heavy (non-hydrogen) atoms. The lowest BCUT2D eigenvalue weighted by Gasteiger charge is -2.14. The fraction of sp³-hybridized carbons (Fsp3) is 0.692. The summed E-state index contributed by atoms with van der Waals surface area (Å²) in [5.74, 6) is 5.62. The van der Waals surface area contributed by atoms with E-state index in [1.54, 1.807) is 4.88 Å². The van der Waals surface area contributed by atoms with Gasteiger partial charge in [-0.05, 0) is 43.7 Å². The van der Waals surface area contributed by atoms with Gasteiger partial charge < -0.3 is 4.74 Å². The minimum absolute atomic E-state index is 0.150. The molecule has 0 aromatic carbocycles. The van der Waals surface area contributed by atoms with Crippen LogP contribution in [-0.4, -0.2) is 13.2 Å². The van der Waals surface area contributed by atoms with Gasteiger partial charge in [0.15, 0.2) is 0 Å². The van der Waals surface area contributed by atoms with Gasteiger partial charge in [-0.25, -0.2) is 5.43 Å². The Morgan fingerprint density at radius 2 is 2.29 bits per heavy atom. The van der Waals surface area contributed by atoms with Crippen LogP contribution < -0.4 is 11.3 Å². The standard InChI is InChI=1S/C13H22N2OS/c1-2-7-16-9-11(15-14)13-8-10-5-3-4-6-12(10)17-13/h8,11,15H,2-7,9,14H2,1H3. The molecule has 4 heteroatoms. The average Bonchev–Trinajstić information content (AvgIpc) is 2.78. The highest BCUT2D eigenvalue weighted by Gasteiger charge is 2.18. The maximum absolute atomic E-state index is 5.62. The van der Waals surface area contributed by atoms with Crippen LogP contribution in [0.5, 0.6) is 0 Å². The quantitative estimate of drug-likeness (QED) is 0.466. The number of thiophene rings is 1. The molecule has 1 aliphatic carbocycles. The number of hydrogen-bond donors (Lipinski definition) is 2. The molecule has 0 radical (unpaired) electrons. The van der Waals surface area contributed by atoms with E-state index in [4.69, 9.17) is 10.6 Å². The summed E-state index contributed by atoms with van der Waals surface area (Å²) < 4.78 is 5.59. The van der Waals surface area contributed by atoms with E-state index in [2.05, 4.69) is 18.4 Å². The van der Waals surface area contributed by atoms with Crippen molar-refractivity contribution in [1.29, 1.82) is 0 Å². The molecule has 1 aromatic rings. The van der Waals surface area contributed by atoms with Crippen molar-refractivity contribution in [1.82, 2.24) is 5.43 Å². The molecule has 0 aliphatic heterocycles. The van der Waals surface area contributed by atoms with Gasteiger partial charge in [0, 0.05) is 16.4 Å². The maximum Gasteiger partial charge on any atom is 0.0786 e. The van der Waals surface area contributed by atoms with E-state index in [1.807, 2.05) is 11.3 Å². The van der Waals surface area contributed by atoms with Crippen LogP contribution in [0.3, 0.4) is 0 Å². The second kappa shape index (κ2) is 6.50. The Labute approximate surface area is 107 Å². The van der Waals surface area contributed by atoms with E-state index in [9.17, 15) is 0 Å². The van der Waals surface area contributed by atoms with Crippen LogP contribution in [0.2, 0.25) is 0 Å². The zero-order valence-electron chi connectivity index (χ0n) is 10.5. The van der Waals surface area contributed by atoms with Crippen molar-refractivity contribution in [3.05, 3.63) is 21.4 Å². The first-order valence-corrected chi connectivity index (χ1v) is 7.32. The molecule has 1 aromatic heterocycles. The summed E-state index contributed by atoms with van der Waals surface area (Å²) in [5.41, 5.74) is 4.41. The largest absolute Gasteiger partial charge is 0.379 e. The molecular weight excluding hydrogens is 232 g/mol. The van der Waals surface area contributed by atoms with Crippen LogP contribution in [0.15, 0.2) is 6.07 Å². The van der Waals surface area contributed by atoms with Gasteiger partial charge in [-0.2, -0.15) is 0 Å². The molecular formula is C13H22N2OS. The molecule has 0 fully saturated rings. The minimum Gasteiger partial charge on any atom is -0.379 e. The van der Waals surface area contributed by atoms with Crippen LogP contribution in [0, 0.1) is 0 Å². The molecule has 3 nitrogen and oxygen atoms in total. The number of hydrogen-bond acceptors (Lipinski definition) is 4. The van der Waals surface area contributed by atoms with Gasteiger partial charge in [0.1, 0.15) is 0 Å². The highest BCUT2D eigenvalue weighted by atomic mass is 32.1. The number of ether oxygens (including phenoxy) is 1. The zero-order chi connectivity index (χ0) is 12.1. The second-order valence-electron chi connectivity index (χ2n) is 4.60. The Balaban J connectivity index is 2.00. The number of aryl methyl sites for hydroxylation is 2. The maximum atomic E-state index is 5.62. The van der Waals surface area contributed by atoms with Crippen molar-refractivity contribution >= 4 is 11.3 Å². The summed E-state index contributed by atoms with van der Waals surface area (Å²) in [7, 11) is 0. The lowest BCUT2D eigenvalue weighted by Crippen LogP contribution is -2.30. The minimum atomic E-state index is 0.150. The van der Waals surface area contributed by atoms with E-state index in [-0.39, 0.29) is 6.04 Å². The summed E-state index contributed by atoms with van der Waals surface area (Å²) in [6.07, 6.45) is 6.19. The Bertz CT molecular complexity index is 328. The smallest absolute Gasteiger partial charge is 0.0786 e. The molecule has 0 spiro atoms. The highest BCUT2D eigenvalue weighted by Crippen LogP contribution is 2.32. The zero-order valence-corrected chi connectivity index (χ0v) is 11.3. The summed E-state index contributed by atoms with van der Waals surface area (Å²) in [6, 6.07) is 2.47. The van der Waals surface area contributed by atoms with Gasteiger partial charge in [-0.15, -0.1) is 11.3 Å². The molecule has 1 aliphatic rings. The van der Waals surface area contributed by atoms with Crippen molar-refractivity contribution in [2.24, 2.45) is 5.84 Å². The Morgan fingerprint density at radius 1 is 1.47 bits per heavy atom. The predicted molar refractivity (Wildman–Crippen MR) is 72.1 cm³/mol. The van der Waals surface area contributed by atoms with E-state index >= 15 is 0 Å². The number of nitrogens with two attached hydrogens (primary N) is 1. The lowest BCUT2D eigenvalue weighted by molar-refractivity contribution is 0.113. The molecule has 0 bridgehead atoms. The number of rotatable bonds is 6. The van der Waals surface area contributed by atoms with Gasteiger partial charge in [-0.1, -0.05) is 6.92 Å². The van der Waals surface area contributed by atoms with Crippen LogP contribution >= 0.6 is 11.3 Å². The van der Waals surface area contributed by atoms with E-state index < -0.39 is 0 Å². The molecule has 3 N–H and O–H groups in total. The molecule has 1 atom stereocenters. The average molecular weight is 254 g/mol. The normalized spacial score (nSPS) is 16.8. The first kappa shape index (κ1) is 13.0. The van der Waals surface area contributed by atoms with Gasteiger partial charge in [0.25, 0.3) is 0 Å². The molecule has 96 valence electrons. The third kappa shape index (κ3) is 3.28. The summed E-state index contributed by atoms with van der Waals surface area (Å²) >= 11 is 1.90. The number of hydrazine groups is 1. The number of nitrogens with one attached hydrogen (secondary N) is 1. The summed E-state index contributed by atoms with van der Waals surface area (Å²) in [5, 5.41) is 0. The summed E-state index contributed by atoms with van der Waals surface area (Å²) in [4.78, 5) is 2.89. The Hall–Kier alpha value is -0.420. The molecule has 2 rings (SSSR count). The molecule has 0 saturated carbocycles. The third-order valence-electron chi connectivity index (χ3n) is 3.19. The molecule has 0 saturated heterocycles. The van der Waals surface area contributed by atoms with E-state index in [0.717, 1.165) is 13.0 Å². The van der Waals surface area contributed by atoms with Gasteiger partial charge in [0.05, 0.1) is 12.6 Å². The van der Waals surface area contributed by atoms with Crippen LogP contribution in [0.1, 0.15) is 47.5 Å². The van der Waals surface area contributed by atoms with Crippen molar-refractivity contribution in [2.75, 3.05) is 13.2 Å². The van der Waals surface area contributed by atoms with Crippen LogP contribution in [0.4, 0.5) is 0 Å². The van der Waals surface area contributed by atoms with E-state index in [0.29, 0.717) is 6.61 Å². The van der Waals surface area contributed by atoms with Gasteiger partial charge in [0.2, 0.25) is 0 Å². The molecule has 0 amide bonds. The topological polar surface area (TPSA) is 47.3 Å².